The van der Waals surface area contributed by atoms with E-state index in [9.17, 15) is 0 Å². The van der Waals surface area contributed by atoms with Gasteiger partial charge in [0.25, 0.3) is 0 Å². The van der Waals surface area contributed by atoms with Crippen molar-refractivity contribution < 1.29 is 8.83 Å². The van der Waals surface area contributed by atoms with E-state index in [4.69, 9.17) is 8.83 Å². The smallest absolute Gasteiger partial charge is 0.159 e. The first kappa shape index (κ1) is 70.8. The number of rotatable bonds is 16. The Balaban J connectivity index is 0.576. The lowest BCUT2D eigenvalue weighted by Crippen LogP contribution is -2.11. The fourth-order valence-electron chi connectivity index (χ4n) is 18.9. The van der Waals surface area contributed by atoms with Gasteiger partial charge in [-0.25, -0.2) is 0 Å². The molecule has 574 valence electrons. The maximum absolute atomic E-state index is 6.92. The average Bonchev–Trinajstić information content (AvgIpc) is 1.57. The summed E-state index contributed by atoms with van der Waals surface area (Å²) < 4.78 is 18.7. The first-order valence-corrected chi connectivity index (χ1v) is 43.2. The zero-order valence-corrected chi connectivity index (χ0v) is 68.1. The Hall–Kier alpha value is -15.3. The number of para-hydroxylation sites is 5. The SMILES string of the molecule is Cc1ccc(N(c2ccc3c(ccc4sc5ccc6cc(N(c7ccc(Cc8cccc(N(c9ccc(-c%10ccccc%10)cc9)c9ccc%10c(ccc%11sc%12ccc%13cc(N(c%14ccccc%14)c%14ccc(-c%15ccccc%15)cc%14)ccc%13c%12c%11%10)c9)c8)cc7)c7cccc8c7oc7ccccc78)ccc6c5c43)c2)c2cccc3c2oc2ccccc23)cc1. The molecule has 20 aromatic carbocycles. The van der Waals surface area contributed by atoms with Crippen LogP contribution in [-0.4, -0.2) is 0 Å². The van der Waals surface area contributed by atoms with Gasteiger partial charge in [-0.05, 0) is 260 Å². The molecule has 0 aliphatic rings. The Morgan fingerprint density at radius 2 is 0.525 bits per heavy atom. The number of furan rings is 2. The van der Waals surface area contributed by atoms with Gasteiger partial charge in [0.2, 0.25) is 0 Å². The lowest BCUT2D eigenvalue weighted by molar-refractivity contribution is 0.668. The molecule has 24 rings (SSSR count). The molecule has 24 aromatic rings. The Kier molecular flexibility index (Phi) is 16.9. The van der Waals surface area contributed by atoms with Crippen molar-refractivity contribution >= 4 is 218 Å². The van der Waals surface area contributed by atoms with Crippen LogP contribution in [0.25, 0.3) is 150 Å². The zero-order chi connectivity index (χ0) is 80.5. The predicted octanol–water partition coefficient (Wildman–Crippen LogP) is 33.9. The molecule has 0 aliphatic heterocycles. The van der Waals surface area contributed by atoms with E-state index in [2.05, 4.69) is 439 Å². The van der Waals surface area contributed by atoms with Crippen molar-refractivity contribution in [2.24, 2.45) is 0 Å². The molecule has 0 spiro atoms. The van der Waals surface area contributed by atoms with Crippen LogP contribution < -0.4 is 19.6 Å². The number of benzene rings is 20. The van der Waals surface area contributed by atoms with Gasteiger partial charge in [0.1, 0.15) is 11.2 Å². The fraction of sp³-hybridized carbons (Fsp3) is 0.0175. The van der Waals surface area contributed by atoms with Crippen LogP contribution in [0.3, 0.4) is 0 Å². The van der Waals surface area contributed by atoms with Crippen LogP contribution in [0.5, 0.6) is 0 Å². The molecule has 0 atom stereocenters. The van der Waals surface area contributed by atoms with E-state index in [1.54, 1.807) is 0 Å². The van der Waals surface area contributed by atoms with Gasteiger partial charge in [-0.15, -0.1) is 22.7 Å². The summed E-state index contributed by atoms with van der Waals surface area (Å²) in [5.74, 6) is 0. The molecule has 0 amide bonds. The zero-order valence-electron chi connectivity index (χ0n) is 66.5. The summed E-state index contributed by atoms with van der Waals surface area (Å²) in [4.78, 5) is 9.53. The van der Waals surface area contributed by atoms with E-state index in [0.717, 1.165) is 124 Å². The molecule has 0 saturated heterocycles. The minimum absolute atomic E-state index is 0.719. The summed E-state index contributed by atoms with van der Waals surface area (Å²) in [6.45, 7) is 2.14. The first-order valence-electron chi connectivity index (χ1n) is 41.6. The topological polar surface area (TPSA) is 39.2 Å². The molecule has 4 aromatic heterocycles. The largest absolute Gasteiger partial charge is 0.454 e. The molecule has 0 fully saturated rings. The second-order valence-electron chi connectivity index (χ2n) is 31.9. The number of hydrogen-bond acceptors (Lipinski definition) is 8. The van der Waals surface area contributed by atoms with Crippen LogP contribution in [0.15, 0.2) is 427 Å². The summed E-state index contributed by atoms with van der Waals surface area (Å²) in [7, 11) is 0. The van der Waals surface area contributed by atoms with Crippen molar-refractivity contribution in [3.8, 4) is 22.3 Å². The molecule has 0 unspecified atom stereocenters. The lowest BCUT2D eigenvalue weighted by Gasteiger charge is -2.27. The predicted molar refractivity (Wildman–Crippen MR) is 520 cm³/mol. The second kappa shape index (κ2) is 29.0. The van der Waals surface area contributed by atoms with Crippen molar-refractivity contribution in [2.45, 2.75) is 13.3 Å². The van der Waals surface area contributed by atoms with E-state index in [0.29, 0.717) is 0 Å². The summed E-state index contributed by atoms with van der Waals surface area (Å²) in [5, 5.41) is 19.1. The van der Waals surface area contributed by atoms with Gasteiger partial charge in [-0.2, -0.15) is 0 Å². The lowest BCUT2D eigenvalue weighted by atomic mass is 9.98. The third-order valence-corrected chi connectivity index (χ3v) is 26.9. The van der Waals surface area contributed by atoms with E-state index in [1.165, 1.54) is 117 Å². The third kappa shape index (κ3) is 12.1. The molecule has 0 aliphatic carbocycles. The Bertz CT molecular complexity index is 8240. The van der Waals surface area contributed by atoms with Crippen molar-refractivity contribution in [2.75, 3.05) is 19.6 Å². The van der Waals surface area contributed by atoms with Gasteiger partial charge in [0, 0.05) is 119 Å². The molecule has 0 saturated carbocycles. The van der Waals surface area contributed by atoms with Crippen LogP contribution in [0.1, 0.15) is 16.7 Å². The highest BCUT2D eigenvalue weighted by molar-refractivity contribution is 7.26. The highest BCUT2D eigenvalue weighted by Crippen LogP contribution is 2.51. The van der Waals surface area contributed by atoms with E-state index in [1.807, 2.05) is 28.7 Å². The van der Waals surface area contributed by atoms with Crippen LogP contribution in [0.4, 0.5) is 68.2 Å². The molecule has 4 heterocycles. The van der Waals surface area contributed by atoms with Crippen molar-refractivity contribution in [1.82, 2.24) is 0 Å². The maximum Gasteiger partial charge on any atom is 0.159 e. The number of nitrogens with zero attached hydrogens (tertiary/aromatic N) is 4. The number of thiophene rings is 2. The van der Waals surface area contributed by atoms with E-state index >= 15 is 0 Å². The fourth-order valence-corrected chi connectivity index (χ4v) is 21.1. The van der Waals surface area contributed by atoms with Crippen LogP contribution in [-0.2, 0) is 6.42 Å². The summed E-state index contributed by atoms with van der Waals surface area (Å²) in [6, 6.07) is 153. The number of aryl methyl sites for hydroxylation is 1. The maximum atomic E-state index is 6.92. The number of fused-ring (bicyclic) bond motifs is 20. The first-order chi connectivity index (χ1) is 60.3. The van der Waals surface area contributed by atoms with Gasteiger partial charge in [-0.1, -0.05) is 254 Å². The Labute approximate surface area is 712 Å². The average molecular weight is 1600 g/mol. The quantitative estimate of drug-likeness (QED) is 0.0960. The van der Waals surface area contributed by atoms with Gasteiger partial charge >= 0.3 is 0 Å². The molecular weight excluding hydrogens is 1520 g/mol. The van der Waals surface area contributed by atoms with Gasteiger partial charge in [0.05, 0.1) is 11.4 Å². The molecule has 0 bridgehead atoms. The number of anilines is 12. The van der Waals surface area contributed by atoms with Crippen LogP contribution in [0, 0.1) is 6.92 Å². The third-order valence-electron chi connectivity index (χ3n) is 24.6. The van der Waals surface area contributed by atoms with Gasteiger partial charge in [-0.3, -0.25) is 0 Å². The number of hydrogen-bond donors (Lipinski definition) is 0. The summed E-state index contributed by atoms with van der Waals surface area (Å²) in [6.07, 6.45) is 0.719. The van der Waals surface area contributed by atoms with Gasteiger partial charge < -0.3 is 28.4 Å². The molecular formula is C114H74N4O2S2. The Morgan fingerprint density at radius 1 is 0.213 bits per heavy atom. The van der Waals surface area contributed by atoms with E-state index < -0.39 is 0 Å². The summed E-state index contributed by atoms with van der Waals surface area (Å²) in [5.41, 5.74) is 24.5. The molecule has 6 nitrogen and oxygen atoms in total. The van der Waals surface area contributed by atoms with Crippen molar-refractivity contribution in [3.63, 3.8) is 0 Å². The monoisotopic (exact) mass is 1590 g/mol. The van der Waals surface area contributed by atoms with Crippen LogP contribution >= 0.6 is 22.7 Å². The van der Waals surface area contributed by atoms with Gasteiger partial charge in [0.15, 0.2) is 11.2 Å². The highest BCUT2D eigenvalue weighted by Gasteiger charge is 2.26. The van der Waals surface area contributed by atoms with Crippen molar-refractivity contribution in [3.05, 3.63) is 435 Å². The molecule has 0 radical (unpaired) electrons. The molecule has 0 N–H and O–H groups in total. The van der Waals surface area contributed by atoms with Crippen LogP contribution in [0.2, 0.25) is 0 Å². The molecule has 122 heavy (non-hydrogen) atoms. The van der Waals surface area contributed by atoms with E-state index in [-0.39, 0.29) is 0 Å². The minimum Gasteiger partial charge on any atom is -0.454 e. The normalized spacial score (nSPS) is 11.8. The second-order valence-corrected chi connectivity index (χ2v) is 34.1. The highest BCUT2D eigenvalue weighted by atomic mass is 32.1. The Morgan fingerprint density at radius 3 is 0.959 bits per heavy atom. The minimum atomic E-state index is 0.719. The summed E-state index contributed by atoms with van der Waals surface area (Å²) >= 11 is 3.73. The standard InChI is InChI=1S/C114H74N4O2S2/c1-72-34-46-86(47-35-72)117(101-30-16-28-99-97-26-11-13-32-103(97)119-113(99)101)91-56-60-95-81(70-91)44-64-107-111(95)112-96-61-57-92(71-82(96)45-65-108(112)122-107)118(102-31-17-29-100-98-27-12-14-33-104(98)120-114(100)102)87-48-36-73(37-49-87)66-74-18-15-25-88(67-74)116(85-52-40-78(41-53-85)76-21-7-3-8-22-76)90-55-59-94-80(69-90)43-63-106-110(94)109-93-58-54-89(68-79(93)42-62-105(109)121-106)115(83-23-9-4-10-24-83)84-50-38-77(39-51-84)75-19-5-2-6-20-75/h2-65,67-71H,66H2,1H3. The molecule has 8 heteroatoms. The van der Waals surface area contributed by atoms with Crippen molar-refractivity contribution in [1.29, 1.82) is 0 Å².